The first kappa shape index (κ1) is 10.1. The molecule has 15 heavy (non-hydrogen) atoms. The zero-order valence-corrected chi connectivity index (χ0v) is 8.98. The molecule has 0 spiro atoms. The van der Waals surface area contributed by atoms with E-state index in [1.54, 1.807) is 11.6 Å². The van der Waals surface area contributed by atoms with Gasteiger partial charge >= 0.3 is 0 Å². The van der Waals surface area contributed by atoms with Gasteiger partial charge in [-0.05, 0) is 0 Å². The molecular formula is C8H10ClN5O. The van der Waals surface area contributed by atoms with Gasteiger partial charge in [0.25, 0.3) is 0 Å². The maximum atomic E-state index is 5.59. The second-order valence-corrected chi connectivity index (χ2v) is 3.45. The lowest BCUT2D eigenvalue weighted by atomic mass is 10.4. The fourth-order valence-electron chi connectivity index (χ4n) is 1.18. The Balaban J connectivity index is 2.04. The molecule has 7 heteroatoms. The van der Waals surface area contributed by atoms with Crippen LogP contribution in [0.1, 0.15) is 17.4 Å². The van der Waals surface area contributed by atoms with Crippen LogP contribution in [0.25, 0.3) is 0 Å². The Morgan fingerprint density at radius 1 is 1.53 bits per heavy atom. The lowest BCUT2D eigenvalue weighted by molar-refractivity contribution is 0.385. The molecule has 2 aromatic heterocycles. The van der Waals surface area contributed by atoms with Gasteiger partial charge in [0.05, 0.1) is 5.69 Å². The van der Waals surface area contributed by atoms with Gasteiger partial charge < -0.3 is 4.52 Å². The first-order valence-corrected chi connectivity index (χ1v) is 5.05. The molecule has 0 N–H and O–H groups in total. The number of alkyl halides is 1. The molecule has 0 aromatic carbocycles. The molecule has 0 fully saturated rings. The average Bonchev–Trinajstić information content (AvgIpc) is 2.78. The van der Waals surface area contributed by atoms with Gasteiger partial charge in [0, 0.05) is 25.4 Å². The molecule has 0 saturated heterocycles. The second kappa shape index (κ2) is 4.39. The minimum absolute atomic E-state index is 0.465. The van der Waals surface area contributed by atoms with E-state index in [1.807, 2.05) is 6.20 Å². The Morgan fingerprint density at radius 3 is 3.07 bits per heavy atom. The van der Waals surface area contributed by atoms with Crippen LogP contribution in [0.4, 0.5) is 0 Å². The zero-order valence-electron chi connectivity index (χ0n) is 8.22. The van der Waals surface area contributed by atoms with Crippen LogP contribution < -0.4 is 0 Å². The second-order valence-electron chi connectivity index (χ2n) is 3.08. The van der Waals surface area contributed by atoms with Gasteiger partial charge in [0.2, 0.25) is 5.89 Å². The third kappa shape index (κ3) is 2.53. The van der Waals surface area contributed by atoms with E-state index in [2.05, 4.69) is 20.5 Å². The number of hydrogen-bond acceptors (Lipinski definition) is 5. The van der Waals surface area contributed by atoms with Crippen molar-refractivity contribution >= 4 is 11.6 Å². The number of rotatable bonds is 4. The molecule has 0 atom stereocenters. The predicted molar refractivity (Wildman–Crippen MR) is 52.6 cm³/mol. The van der Waals surface area contributed by atoms with E-state index in [0.29, 0.717) is 30.6 Å². The maximum absolute atomic E-state index is 5.59. The minimum Gasteiger partial charge on any atom is -0.340 e. The van der Waals surface area contributed by atoms with Crippen molar-refractivity contribution in [2.45, 2.75) is 19.9 Å². The van der Waals surface area contributed by atoms with Crippen molar-refractivity contribution in [2.75, 3.05) is 5.88 Å². The first-order valence-electron chi connectivity index (χ1n) is 4.52. The number of aryl methyl sites for hydroxylation is 2. The molecule has 2 heterocycles. The van der Waals surface area contributed by atoms with Gasteiger partial charge in [-0.3, -0.25) is 0 Å². The number of hydrogen-bond donors (Lipinski definition) is 0. The molecule has 0 aliphatic rings. The van der Waals surface area contributed by atoms with Gasteiger partial charge in [0.15, 0.2) is 5.82 Å². The number of halogens is 1. The third-order valence-electron chi connectivity index (χ3n) is 1.81. The van der Waals surface area contributed by atoms with Crippen molar-refractivity contribution in [2.24, 2.45) is 0 Å². The summed E-state index contributed by atoms with van der Waals surface area (Å²) < 4.78 is 6.51. The molecule has 0 unspecified atom stereocenters. The van der Waals surface area contributed by atoms with Crippen LogP contribution in [0.2, 0.25) is 0 Å². The van der Waals surface area contributed by atoms with Crippen molar-refractivity contribution in [1.82, 2.24) is 25.1 Å². The van der Waals surface area contributed by atoms with Crippen molar-refractivity contribution < 1.29 is 4.52 Å². The SMILES string of the molecule is Cc1nc(Cn2cc(CCCl)nn2)no1. The highest BCUT2D eigenvalue weighted by atomic mass is 35.5. The van der Waals surface area contributed by atoms with E-state index in [4.69, 9.17) is 16.1 Å². The van der Waals surface area contributed by atoms with Crippen LogP contribution in [0.15, 0.2) is 10.7 Å². The van der Waals surface area contributed by atoms with E-state index in [9.17, 15) is 0 Å². The summed E-state index contributed by atoms with van der Waals surface area (Å²) in [6.45, 7) is 2.21. The molecule has 6 nitrogen and oxygen atoms in total. The van der Waals surface area contributed by atoms with E-state index in [-0.39, 0.29) is 0 Å². The van der Waals surface area contributed by atoms with Crippen LogP contribution in [0.5, 0.6) is 0 Å². The third-order valence-corrected chi connectivity index (χ3v) is 2.00. The quantitative estimate of drug-likeness (QED) is 0.723. The average molecular weight is 228 g/mol. The van der Waals surface area contributed by atoms with Gasteiger partial charge in [-0.15, -0.1) is 16.7 Å². The van der Waals surface area contributed by atoms with Crippen molar-refractivity contribution in [3.05, 3.63) is 23.6 Å². The summed E-state index contributed by atoms with van der Waals surface area (Å²) in [4.78, 5) is 4.07. The molecule has 2 rings (SSSR count). The van der Waals surface area contributed by atoms with E-state index in [1.165, 1.54) is 0 Å². The molecule has 80 valence electrons. The molecule has 0 amide bonds. The van der Waals surface area contributed by atoms with Gasteiger partial charge in [-0.1, -0.05) is 10.4 Å². The normalized spacial score (nSPS) is 10.8. The van der Waals surface area contributed by atoms with Gasteiger partial charge in [0.1, 0.15) is 6.54 Å². The summed E-state index contributed by atoms with van der Waals surface area (Å²) in [7, 11) is 0. The van der Waals surface area contributed by atoms with Crippen LogP contribution in [-0.4, -0.2) is 31.0 Å². The molecule has 2 aromatic rings. The summed E-state index contributed by atoms with van der Waals surface area (Å²) in [6.07, 6.45) is 2.54. The van der Waals surface area contributed by atoms with Crippen LogP contribution in [-0.2, 0) is 13.0 Å². The van der Waals surface area contributed by atoms with E-state index < -0.39 is 0 Å². The minimum atomic E-state index is 0.465. The molecule has 0 bridgehead atoms. The topological polar surface area (TPSA) is 69.6 Å². The van der Waals surface area contributed by atoms with Gasteiger partial charge in [-0.2, -0.15) is 4.98 Å². The lowest BCUT2D eigenvalue weighted by Crippen LogP contribution is -2.02. The summed E-state index contributed by atoms with van der Waals surface area (Å²) in [5.74, 6) is 1.68. The van der Waals surface area contributed by atoms with Crippen molar-refractivity contribution in [3.63, 3.8) is 0 Å². The largest absolute Gasteiger partial charge is 0.340 e. The van der Waals surface area contributed by atoms with Gasteiger partial charge in [-0.25, -0.2) is 4.68 Å². The fourth-order valence-corrected chi connectivity index (χ4v) is 1.37. The number of aromatic nitrogens is 5. The van der Waals surface area contributed by atoms with E-state index in [0.717, 1.165) is 5.69 Å². The summed E-state index contributed by atoms with van der Waals surface area (Å²) in [5.41, 5.74) is 0.866. The molecule has 0 radical (unpaired) electrons. The first-order chi connectivity index (χ1) is 7.28. The highest BCUT2D eigenvalue weighted by molar-refractivity contribution is 6.17. The molecule has 0 saturated carbocycles. The van der Waals surface area contributed by atoms with Crippen LogP contribution >= 0.6 is 11.6 Å². The highest BCUT2D eigenvalue weighted by Crippen LogP contribution is 2.00. The van der Waals surface area contributed by atoms with Crippen LogP contribution in [0, 0.1) is 6.92 Å². The lowest BCUT2D eigenvalue weighted by Gasteiger charge is -1.91. The maximum Gasteiger partial charge on any atom is 0.223 e. The van der Waals surface area contributed by atoms with Crippen LogP contribution in [0.3, 0.4) is 0 Å². The Kier molecular flexibility index (Phi) is 2.96. The van der Waals surface area contributed by atoms with Crippen molar-refractivity contribution in [3.8, 4) is 0 Å². The zero-order chi connectivity index (χ0) is 10.7. The highest BCUT2D eigenvalue weighted by Gasteiger charge is 2.05. The number of nitrogens with zero attached hydrogens (tertiary/aromatic N) is 5. The fraction of sp³-hybridized carbons (Fsp3) is 0.500. The standard InChI is InChI=1S/C8H10ClN5O/c1-6-10-8(12-15-6)5-14-4-7(2-3-9)11-13-14/h4H,2-3,5H2,1H3. The molecular weight excluding hydrogens is 218 g/mol. The summed E-state index contributed by atoms with van der Waals surface area (Å²) in [5, 5.41) is 11.6. The smallest absolute Gasteiger partial charge is 0.223 e. The Morgan fingerprint density at radius 2 is 2.40 bits per heavy atom. The Labute approximate surface area is 91.2 Å². The Hall–Kier alpha value is -1.43. The summed E-state index contributed by atoms with van der Waals surface area (Å²) in [6, 6.07) is 0. The molecule has 0 aliphatic carbocycles. The Bertz CT molecular complexity index is 438. The summed E-state index contributed by atoms with van der Waals surface area (Å²) >= 11 is 5.59. The van der Waals surface area contributed by atoms with E-state index >= 15 is 0 Å². The predicted octanol–water partition coefficient (Wildman–Crippen LogP) is 0.799. The van der Waals surface area contributed by atoms with Crippen molar-refractivity contribution in [1.29, 1.82) is 0 Å². The monoisotopic (exact) mass is 227 g/mol. The molecule has 0 aliphatic heterocycles.